The van der Waals surface area contributed by atoms with Crippen molar-refractivity contribution in [2.45, 2.75) is 25.4 Å². The van der Waals surface area contributed by atoms with Crippen LogP contribution in [-0.2, 0) is 24.4 Å². The number of nitrogens with one attached hydrogen (secondary N) is 1. The molecule has 4 nitrogen and oxygen atoms in total. The second-order valence-corrected chi connectivity index (χ2v) is 5.65. The van der Waals surface area contributed by atoms with Crippen molar-refractivity contribution in [1.82, 2.24) is 14.9 Å². The smallest absolute Gasteiger partial charge is 0.122 e. The molecule has 15 heavy (non-hydrogen) atoms. The van der Waals surface area contributed by atoms with E-state index in [0.717, 1.165) is 36.7 Å². The molecule has 0 saturated carbocycles. The Balaban J connectivity index is 1.79. The van der Waals surface area contributed by atoms with E-state index in [1.54, 1.807) is 0 Å². The molecule has 0 amide bonds. The number of aryl methyl sites for hydroxylation is 1. The summed E-state index contributed by atoms with van der Waals surface area (Å²) in [5, 5.41) is 3.47. The largest absolute Gasteiger partial charge is 0.337 e. The van der Waals surface area contributed by atoms with E-state index in [1.807, 2.05) is 24.0 Å². The van der Waals surface area contributed by atoms with Crippen molar-refractivity contribution in [3.63, 3.8) is 0 Å². The summed E-state index contributed by atoms with van der Waals surface area (Å²) in [7, 11) is 1.43. The fraction of sp³-hybridized carbons (Fsp3) is 0.700. The van der Waals surface area contributed by atoms with Crippen LogP contribution in [0.25, 0.3) is 0 Å². The summed E-state index contributed by atoms with van der Waals surface area (Å²) in [5.41, 5.74) is 0. The molecule has 0 aromatic carbocycles. The number of nitrogens with zero attached hydrogens (tertiary/aromatic N) is 2. The topological polar surface area (TPSA) is 46.9 Å². The Morgan fingerprint density at radius 3 is 2.93 bits per heavy atom. The number of rotatable bonds is 3. The van der Waals surface area contributed by atoms with Crippen molar-refractivity contribution >= 4 is 10.8 Å². The van der Waals surface area contributed by atoms with Crippen LogP contribution < -0.4 is 5.32 Å². The third-order valence-electron chi connectivity index (χ3n) is 2.86. The molecule has 1 saturated heterocycles. The van der Waals surface area contributed by atoms with E-state index in [2.05, 4.69) is 10.3 Å². The van der Waals surface area contributed by atoms with Gasteiger partial charge >= 0.3 is 0 Å². The molecule has 0 atom stereocenters. The Morgan fingerprint density at radius 1 is 1.60 bits per heavy atom. The van der Waals surface area contributed by atoms with Gasteiger partial charge in [0.1, 0.15) is 5.82 Å². The van der Waals surface area contributed by atoms with Crippen molar-refractivity contribution in [1.29, 1.82) is 0 Å². The van der Waals surface area contributed by atoms with Gasteiger partial charge in [0.15, 0.2) is 0 Å². The van der Waals surface area contributed by atoms with Crippen LogP contribution in [0.5, 0.6) is 0 Å². The van der Waals surface area contributed by atoms with Crippen LogP contribution in [0.1, 0.15) is 18.7 Å². The monoisotopic (exact) mass is 227 g/mol. The lowest BCUT2D eigenvalue weighted by atomic mass is 10.1. The molecule has 2 rings (SSSR count). The predicted octanol–water partition coefficient (Wildman–Crippen LogP) is 0.421. The molecule has 1 aliphatic rings. The molecule has 2 heterocycles. The number of imidazole rings is 1. The number of hydrogen-bond donors (Lipinski definition) is 1. The lowest BCUT2D eigenvalue weighted by Gasteiger charge is -2.22. The van der Waals surface area contributed by atoms with Crippen LogP contribution >= 0.6 is 0 Å². The van der Waals surface area contributed by atoms with Crippen molar-refractivity contribution in [2.75, 3.05) is 11.5 Å². The standard InChI is InChI=1S/C10H17N3OS/c1-13-5-4-11-10(13)8-12-9-2-6-15(14)7-3-9/h4-5,9,12H,2-3,6-8H2,1H3. The second-order valence-electron chi connectivity index (χ2n) is 3.96. The molecule has 1 N–H and O–H groups in total. The summed E-state index contributed by atoms with van der Waals surface area (Å²) in [6, 6.07) is 0.513. The van der Waals surface area contributed by atoms with E-state index in [0.29, 0.717) is 6.04 Å². The quantitative estimate of drug-likeness (QED) is 0.814. The van der Waals surface area contributed by atoms with E-state index >= 15 is 0 Å². The average molecular weight is 227 g/mol. The first-order chi connectivity index (χ1) is 7.25. The summed E-state index contributed by atoms with van der Waals surface area (Å²) >= 11 is 0. The van der Waals surface area contributed by atoms with Crippen LogP contribution in [0.15, 0.2) is 12.4 Å². The van der Waals surface area contributed by atoms with Gasteiger partial charge in [-0.2, -0.15) is 0 Å². The average Bonchev–Trinajstić information content (AvgIpc) is 2.63. The highest BCUT2D eigenvalue weighted by molar-refractivity contribution is 7.85. The number of hydrogen-bond acceptors (Lipinski definition) is 3. The second kappa shape index (κ2) is 4.90. The fourth-order valence-corrected chi connectivity index (χ4v) is 3.10. The third kappa shape index (κ3) is 2.89. The van der Waals surface area contributed by atoms with Gasteiger partial charge in [-0.05, 0) is 12.8 Å². The zero-order valence-electron chi connectivity index (χ0n) is 8.98. The zero-order valence-corrected chi connectivity index (χ0v) is 9.80. The Kier molecular flexibility index (Phi) is 3.53. The Labute approximate surface area is 92.5 Å². The molecule has 0 radical (unpaired) electrons. The van der Waals surface area contributed by atoms with Crippen LogP contribution in [0, 0.1) is 0 Å². The minimum atomic E-state index is -0.566. The van der Waals surface area contributed by atoms with Gasteiger partial charge in [0.25, 0.3) is 0 Å². The molecule has 0 aliphatic carbocycles. The van der Waals surface area contributed by atoms with Gasteiger partial charge in [0.2, 0.25) is 0 Å². The Morgan fingerprint density at radius 2 is 2.33 bits per heavy atom. The molecule has 1 aliphatic heterocycles. The van der Waals surface area contributed by atoms with Crippen LogP contribution in [0.3, 0.4) is 0 Å². The molecule has 1 aromatic rings. The van der Waals surface area contributed by atoms with Gasteiger partial charge in [0.05, 0.1) is 6.54 Å². The molecule has 1 fully saturated rings. The molecule has 1 aromatic heterocycles. The van der Waals surface area contributed by atoms with Crippen LogP contribution in [0.2, 0.25) is 0 Å². The van der Waals surface area contributed by atoms with E-state index in [1.165, 1.54) is 0 Å². The first kappa shape index (κ1) is 10.8. The van der Waals surface area contributed by atoms with Crippen molar-refractivity contribution in [2.24, 2.45) is 7.05 Å². The summed E-state index contributed by atoms with van der Waals surface area (Å²) in [6.07, 6.45) is 5.81. The zero-order chi connectivity index (χ0) is 10.7. The molecular formula is C10H17N3OS. The molecule has 5 heteroatoms. The molecule has 0 bridgehead atoms. The van der Waals surface area contributed by atoms with Crippen molar-refractivity contribution in [3.8, 4) is 0 Å². The van der Waals surface area contributed by atoms with Gasteiger partial charge in [-0.3, -0.25) is 4.21 Å². The maximum Gasteiger partial charge on any atom is 0.122 e. The van der Waals surface area contributed by atoms with Crippen LogP contribution in [-0.4, -0.2) is 31.3 Å². The van der Waals surface area contributed by atoms with Gasteiger partial charge in [-0.25, -0.2) is 4.98 Å². The van der Waals surface area contributed by atoms with Gasteiger partial charge < -0.3 is 9.88 Å². The van der Waals surface area contributed by atoms with Gasteiger partial charge in [-0.15, -0.1) is 0 Å². The minimum Gasteiger partial charge on any atom is -0.337 e. The highest BCUT2D eigenvalue weighted by atomic mass is 32.2. The van der Waals surface area contributed by atoms with E-state index < -0.39 is 10.8 Å². The summed E-state index contributed by atoms with van der Waals surface area (Å²) in [6.45, 7) is 0.806. The molecule has 0 spiro atoms. The molecular weight excluding hydrogens is 210 g/mol. The SMILES string of the molecule is Cn1ccnc1CNC1CCS(=O)CC1. The first-order valence-electron chi connectivity index (χ1n) is 5.30. The maximum absolute atomic E-state index is 11.2. The fourth-order valence-electron chi connectivity index (χ4n) is 1.80. The van der Waals surface area contributed by atoms with Crippen molar-refractivity contribution < 1.29 is 4.21 Å². The summed E-state index contributed by atoms with van der Waals surface area (Å²) < 4.78 is 13.2. The van der Waals surface area contributed by atoms with Gasteiger partial charge in [-0.1, -0.05) is 0 Å². The summed E-state index contributed by atoms with van der Waals surface area (Å²) in [5.74, 6) is 2.75. The Bertz CT molecular complexity index is 340. The number of aromatic nitrogens is 2. The van der Waals surface area contributed by atoms with E-state index in [9.17, 15) is 4.21 Å². The van der Waals surface area contributed by atoms with E-state index in [4.69, 9.17) is 0 Å². The highest BCUT2D eigenvalue weighted by Crippen LogP contribution is 2.09. The lowest BCUT2D eigenvalue weighted by molar-refractivity contribution is 0.464. The normalized spacial score (nSPS) is 26.7. The van der Waals surface area contributed by atoms with Crippen LogP contribution in [0.4, 0.5) is 0 Å². The maximum atomic E-state index is 11.2. The molecule has 0 unspecified atom stereocenters. The highest BCUT2D eigenvalue weighted by Gasteiger charge is 2.17. The first-order valence-corrected chi connectivity index (χ1v) is 6.79. The summed E-state index contributed by atoms with van der Waals surface area (Å²) in [4.78, 5) is 4.26. The van der Waals surface area contributed by atoms with E-state index in [-0.39, 0.29) is 0 Å². The van der Waals surface area contributed by atoms with Crippen molar-refractivity contribution in [3.05, 3.63) is 18.2 Å². The minimum absolute atomic E-state index is 0.513. The third-order valence-corrected chi connectivity index (χ3v) is 4.24. The van der Waals surface area contributed by atoms with Gasteiger partial charge in [0, 0.05) is 47.8 Å². The Hall–Kier alpha value is -0.680. The molecule has 84 valence electrons. The lowest BCUT2D eigenvalue weighted by Crippen LogP contribution is -2.35. The predicted molar refractivity (Wildman–Crippen MR) is 60.9 cm³/mol.